The molecule has 1 aromatic rings. The monoisotopic (exact) mass is 276 g/mol. The molecule has 1 aliphatic heterocycles. The summed E-state index contributed by atoms with van der Waals surface area (Å²) in [5, 5.41) is 9.36. The lowest BCUT2D eigenvalue weighted by atomic mass is 9.88. The van der Waals surface area contributed by atoms with Gasteiger partial charge in [-0.05, 0) is 12.0 Å². The summed E-state index contributed by atoms with van der Waals surface area (Å²) in [6, 6.07) is 10.2. The highest BCUT2D eigenvalue weighted by molar-refractivity contribution is 5.13. The summed E-state index contributed by atoms with van der Waals surface area (Å²) in [5.74, 6) is 0.305. The number of rotatable bonds is 6. The molecule has 1 aliphatic rings. The molecule has 2 rings (SSSR count). The molecule has 0 aromatic heterocycles. The normalized spacial score (nSPS) is 30.1. The number of hydrogen-bond acceptors (Lipinski definition) is 3. The second kappa shape index (κ2) is 7.58. The van der Waals surface area contributed by atoms with Crippen molar-refractivity contribution in [2.24, 2.45) is 5.92 Å². The molecule has 1 N–H and O–H groups in total. The van der Waals surface area contributed by atoms with Gasteiger partial charge in [0.25, 0.3) is 0 Å². The highest BCUT2D eigenvalue weighted by atomic mass is 16.5. The van der Waals surface area contributed by atoms with Crippen LogP contribution in [0.15, 0.2) is 43.0 Å². The summed E-state index contributed by atoms with van der Waals surface area (Å²) in [6.45, 7) is 6.58. The Labute approximate surface area is 121 Å². The second-order valence-electron chi connectivity index (χ2n) is 5.43. The van der Waals surface area contributed by atoms with Crippen molar-refractivity contribution in [2.75, 3.05) is 6.61 Å². The SMILES string of the molecule is C=CC[C@@H]1O[C@H](CO)C[C@H](OCc2ccccc2)[C@H]1C. The third kappa shape index (κ3) is 3.92. The van der Waals surface area contributed by atoms with Crippen molar-refractivity contribution in [1.82, 2.24) is 0 Å². The lowest BCUT2D eigenvalue weighted by Gasteiger charge is -2.39. The van der Waals surface area contributed by atoms with Crippen LogP contribution in [0.3, 0.4) is 0 Å². The molecule has 1 heterocycles. The Kier molecular flexibility index (Phi) is 5.77. The number of aliphatic hydroxyl groups is 1. The largest absolute Gasteiger partial charge is 0.394 e. The van der Waals surface area contributed by atoms with Crippen LogP contribution in [0.5, 0.6) is 0 Å². The van der Waals surface area contributed by atoms with Crippen molar-refractivity contribution in [2.45, 2.75) is 44.7 Å². The summed E-state index contributed by atoms with van der Waals surface area (Å²) in [4.78, 5) is 0. The second-order valence-corrected chi connectivity index (χ2v) is 5.43. The number of benzene rings is 1. The van der Waals surface area contributed by atoms with Gasteiger partial charge in [0.05, 0.1) is 31.5 Å². The molecule has 4 atom stereocenters. The molecule has 1 saturated heterocycles. The van der Waals surface area contributed by atoms with Crippen LogP contribution in [0.2, 0.25) is 0 Å². The van der Waals surface area contributed by atoms with E-state index in [9.17, 15) is 5.11 Å². The molecule has 110 valence electrons. The van der Waals surface area contributed by atoms with Gasteiger partial charge in [-0.1, -0.05) is 43.3 Å². The van der Waals surface area contributed by atoms with E-state index in [1.54, 1.807) is 0 Å². The molecule has 0 spiro atoms. The van der Waals surface area contributed by atoms with Crippen molar-refractivity contribution in [3.05, 3.63) is 48.6 Å². The van der Waals surface area contributed by atoms with Gasteiger partial charge in [-0.2, -0.15) is 0 Å². The maximum atomic E-state index is 9.36. The average Bonchev–Trinajstić information content (AvgIpc) is 2.49. The van der Waals surface area contributed by atoms with Gasteiger partial charge in [0, 0.05) is 12.3 Å². The predicted octanol–water partition coefficient (Wildman–Crippen LogP) is 2.93. The van der Waals surface area contributed by atoms with Gasteiger partial charge in [0.15, 0.2) is 0 Å². The molecule has 0 amide bonds. The Morgan fingerprint density at radius 3 is 2.80 bits per heavy atom. The third-order valence-electron chi connectivity index (χ3n) is 3.94. The smallest absolute Gasteiger partial charge is 0.0834 e. The standard InChI is InChI=1S/C17H24O3/c1-3-7-16-13(2)17(10-15(11-18)20-16)19-12-14-8-5-4-6-9-14/h3-6,8-9,13,15-18H,1,7,10-12H2,2H3/t13-,15-,16-,17-/m0/s1. The van der Waals surface area contributed by atoms with Gasteiger partial charge in [0.2, 0.25) is 0 Å². The lowest BCUT2D eigenvalue weighted by Crippen LogP contribution is -2.45. The van der Waals surface area contributed by atoms with E-state index < -0.39 is 0 Å². The minimum atomic E-state index is -0.128. The molecule has 1 aromatic carbocycles. The first kappa shape index (κ1) is 15.2. The first-order chi connectivity index (χ1) is 9.74. The summed E-state index contributed by atoms with van der Waals surface area (Å²) < 4.78 is 11.9. The van der Waals surface area contributed by atoms with Crippen LogP contribution in [0, 0.1) is 5.92 Å². The predicted molar refractivity (Wildman–Crippen MR) is 79.4 cm³/mol. The van der Waals surface area contributed by atoms with E-state index in [1.807, 2.05) is 24.3 Å². The molecule has 0 bridgehead atoms. The van der Waals surface area contributed by atoms with Crippen LogP contribution in [0.4, 0.5) is 0 Å². The van der Waals surface area contributed by atoms with E-state index in [2.05, 4.69) is 25.6 Å². The van der Waals surface area contributed by atoms with E-state index in [0.29, 0.717) is 12.5 Å². The highest BCUT2D eigenvalue weighted by Gasteiger charge is 2.35. The fraction of sp³-hybridized carbons (Fsp3) is 0.529. The van der Waals surface area contributed by atoms with Crippen molar-refractivity contribution >= 4 is 0 Å². The minimum Gasteiger partial charge on any atom is -0.394 e. The van der Waals surface area contributed by atoms with Crippen LogP contribution in [0.1, 0.15) is 25.3 Å². The van der Waals surface area contributed by atoms with Crippen molar-refractivity contribution in [3.8, 4) is 0 Å². The molecule has 20 heavy (non-hydrogen) atoms. The van der Waals surface area contributed by atoms with E-state index in [-0.39, 0.29) is 24.9 Å². The summed E-state index contributed by atoms with van der Waals surface area (Å²) >= 11 is 0. The fourth-order valence-electron chi connectivity index (χ4n) is 2.69. The van der Waals surface area contributed by atoms with Gasteiger partial charge >= 0.3 is 0 Å². The molecule has 0 aliphatic carbocycles. The zero-order valence-corrected chi connectivity index (χ0v) is 12.1. The Bertz CT molecular complexity index is 404. The van der Waals surface area contributed by atoms with Crippen LogP contribution in [-0.4, -0.2) is 30.0 Å². The molecular formula is C17H24O3. The Morgan fingerprint density at radius 1 is 1.40 bits per heavy atom. The molecule has 1 fully saturated rings. The molecule has 3 nitrogen and oxygen atoms in total. The van der Waals surface area contributed by atoms with E-state index in [0.717, 1.165) is 12.8 Å². The molecule has 0 radical (unpaired) electrons. The maximum Gasteiger partial charge on any atom is 0.0834 e. The maximum absolute atomic E-state index is 9.36. The van der Waals surface area contributed by atoms with Crippen molar-refractivity contribution in [3.63, 3.8) is 0 Å². The summed E-state index contributed by atoms with van der Waals surface area (Å²) in [6.07, 6.45) is 3.48. The molecule has 0 unspecified atom stereocenters. The first-order valence-electron chi connectivity index (χ1n) is 7.27. The topological polar surface area (TPSA) is 38.7 Å². The van der Waals surface area contributed by atoms with Crippen LogP contribution in [0.25, 0.3) is 0 Å². The summed E-state index contributed by atoms with van der Waals surface area (Å²) in [7, 11) is 0. The number of ether oxygens (including phenoxy) is 2. The van der Waals surface area contributed by atoms with E-state index >= 15 is 0 Å². The van der Waals surface area contributed by atoms with Crippen molar-refractivity contribution in [1.29, 1.82) is 0 Å². The zero-order valence-electron chi connectivity index (χ0n) is 12.1. The van der Waals surface area contributed by atoms with Gasteiger partial charge < -0.3 is 14.6 Å². The van der Waals surface area contributed by atoms with E-state index in [1.165, 1.54) is 5.56 Å². The Hall–Kier alpha value is -1.16. The van der Waals surface area contributed by atoms with E-state index in [4.69, 9.17) is 9.47 Å². The van der Waals surface area contributed by atoms with Crippen LogP contribution < -0.4 is 0 Å². The molecular weight excluding hydrogens is 252 g/mol. The fourth-order valence-corrected chi connectivity index (χ4v) is 2.69. The average molecular weight is 276 g/mol. The highest BCUT2D eigenvalue weighted by Crippen LogP contribution is 2.30. The van der Waals surface area contributed by atoms with Gasteiger partial charge in [0.1, 0.15) is 0 Å². The van der Waals surface area contributed by atoms with Gasteiger partial charge in [-0.25, -0.2) is 0 Å². The lowest BCUT2D eigenvalue weighted by molar-refractivity contribution is -0.161. The van der Waals surface area contributed by atoms with Crippen molar-refractivity contribution < 1.29 is 14.6 Å². The Balaban J connectivity index is 1.95. The zero-order chi connectivity index (χ0) is 14.4. The molecule has 3 heteroatoms. The summed E-state index contributed by atoms with van der Waals surface area (Å²) in [5.41, 5.74) is 1.17. The van der Waals surface area contributed by atoms with Gasteiger partial charge in [-0.15, -0.1) is 6.58 Å². The third-order valence-corrected chi connectivity index (χ3v) is 3.94. The van der Waals surface area contributed by atoms with Crippen LogP contribution >= 0.6 is 0 Å². The quantitative estimate of drug-likeness (QED) is 0.812. The Morgan fingerprint density at radius 2 is 2.15 bits per heavy atom. The number of aliphatic hydroxyl groups excluding tert-OH is 1. The van der Waals surface area contributed by atoms with Gasteiger partial charge in [-0.3, -0.25) is 0 Å². The number of hydrogen-bond donors (Lipinski definition) is 1. The minimum absolute atomic E-state index is 0.0472. The first-order valence-corrected chi connectivity index (χ1v) is 7.27. The molecule has 0 saturated carbocycles. The van der Waals surface area contributed by atoms with Crippen LogP contribution in [-0.2, 0) is 16.1 Å².